The fraction of sp³-hybridized carbons (Fsp3) is 0.238. The molecule has 1 aromatic heterocycles. The van der Waals surface area contributed by atoms with Gasteiger partial charge in [0, 0.05) is 29.8 Å². The molecule has 0 atom stereocenters. The lowest BCUT2D eigenvalue weighted by atomic mass is 10.1. The summed E-state index contributed by atoms with van der Waals surface area (Å²) in [5.41, 5.74) is 3.23. The third-order valence-electron chi connectivity index (χ3n) is 4.67. The summed E-state index contributed by atoms with van der Waals surface area (Å²) in [5.74, 6) is 0.643. The van der Waals surface area contributed by atoms with Crippen molar-refractivity contribution in [3.05, 3.63) is 65.5 Å². The van der Waals surface area contributed by atoms with Crippen LogP contribution in [0.25, 0.3) is 11.4 Å². The van der Waals surface area contributed by atoms with Crippen LogP contribution in [0.4, 0.5) is 5.69 Å². The molecule has 1 aliphatic rings. The lowest BCUT2D eigenvalue weighted by molar-refractivity contribution is -0.117. The fourth-order valence-electron chi connectivity index (χ4n) is 3.14. The molecule has 1 fully saturated rings. The fourth-order valence-corrected chi connectivity index (χ4v) is 3.14. The highest BCUT2D eigenvalue weighted by Gasteiger charge is 2.22. The van der Waals surface area contributed by atoms with Gasteiger partial charge in [-0.3, -0.25) is 9.59 Å². The monoisotopic (exact) mass is 376 g/mol. The van der Waals surface area contributed by atoms with Crippen molar-refractivity contribution in [2.45, 2.75) is 26.3 Å². The number of benzene rings is 2. The maximum absolute atomic E-state index is 12.5. The second-order valence-corrected chi connectivity index (χ2v) is 6.76. The topological polar surface area (TPSA) is 88.3 Å². The Kier molecular flexibility index (Phi) is 4.89. The van der Waals surface area contributed by atoms with Crippen LogP contribution in [0, 0.1) is 6.92 Å². The van der Waals surface area contributed by atoms with Gasteiger partial charge in [0.05, 0.1) is 6.54 Å². The summed E-state index contributed by atoms with van der Waals surface area (Å²) in [7, 11) is 0. The number of carbonyl (C=O) groups excluding carboxylic acids is 2. The molecule has 2 heterocycles. The molecule has 0 unspecified atom stereocenters. The molecule has 3 aromatic rings. The molecule has 0 aliphatic carbocycles. The summed E-state index contributed by atoms with van der Waals surface area (Å²) in [6.45, 7) is 2.83. The van der Waals surface area contributed by atoms with Crippen molar-refractivity contribution in [3.63, 3.8) is 0 Å². The molecule has 4 rings (SSSR count). The van der Waals surface area contributed by atoms with E-state index in [9.17, 15) is 9.59 Å². The first-order chi connectivity index (χ1) is 13.6. The lowest BCUT2D eigenvalue weighted by Gasteiger charge is -2.16. The highest BCUT2D eigenvalue weighted by atomic mass is 16.5. The second kappa shape index (κ2) is 7.64. The van der Waals surface area contributed by atoms with E-state index in [4.69, 9.17) is 4.52 Å². The van der Waals surface area contributed by atoms with Gasteiger partial charge >= 0.3 is 0 Å². The van der Waals surface area contributed by atoms with Crippen molar-refractivity contribution in [1.29, 1.82) is 0 Å². The lowest BCUT2D eigenvalue weighted by Crippen LogP contribution is -2.25. The zero-order valence-corrected chi connectivity index (χ0v) is 15.5. The summed E-state index contributed by atoms with van der Waals surface area (Å²) in [6.07, 6.45) is 1.40. The van der Waals surface area contributed by atoms with Crippen molar-refractivity contribution in [2.75, 3.05) is 11.4 Å². The molecule has 1 N–H and O–H groups in total. The maximum Gasteiger partial charge on any atom is 0.251 e. The van der Waals surface area contributed by atoms with Gasteiger partial charge in [-0.1, -0.05) is 41.1 Å². The first-order valence-corrected chi connectivity index (χ1v) is 9.18. The molecule has 2 aromatic carbocycles. The Morgan fingerprint density at radius 3 is 2.79 bits per heavy atom. The molecule has 7 nitrogen and oxygen atoms in total. The number of aryl methyl sites for hydroxylation is 1. The Hall–Kier alpha value is -3.48. The van der Waals surface area contributed by atoms with E-state index >= 15 is 0 Å². The van der Waals surface area contributed by atoms with Crippen LogP contribution in [-0.4, -0.2) is 28.5 Å². The van der Waals surface area contributed by atoms with Crippen LogP contribution in [-0.2, 0) is 11.3 Å². The van der Waals surface area contributed by atoms with Crippen LogP contribution in [0.5, 0.6) is 0 Å². The van der Waals surface area contributed by atoms with Gasteiger partial charge in [-0.25, -0.2) is 0 Å². The number of anilines is 1. The minimum atomic E-state index is -0.261. The van der Waals surface area contributed by atoms with E-state index in [1.165, 1.54) is 0 Å². The SMILES string of the molecule is Cc1ccc(-c2noc(CNC(=O)c3cccc(N4CCCC4=O)c3)n2)cc1. The van der Waals surface area contributed by atoms with E-state index in [1.807, 2.05) is 37.3 Å². The third kappa shape index (κ3) is 3.78. The highest BCUT2D eigenvalue weighted by molar-refractivity contribution is 5.99. The van der Waals surface area contributed by atoms with Crippen molar-refractivity contribution < 1.29 is 14.1 Å². The number of rotatable bonds is 5. The zero-order chi connectivity index (χ0) is 19.5. The quantitative estimate of drug-likeness (QED) is 0.739. The van der Waals surface area contributed by atoms with E-state index in [-0.39, 0.29) is 18.4 Å². The Bertz CT molecular complexity index is 1010. The molecule has 142 valence electrons. The van der Waals surface area contributed by atoms with Crippen LogP contribution < -0.4 is 10.2 Å². The van der Waals surface area contributed by atoms with Crippen molar-refractivity contribution in [3.8, 4) is 11.4 Å². The standard InChI is InChI=1S/C21H20N4O3/c1-14-7-9-15(10-8-14)20-23-18(28-24-20)13-22-21(27)16-4-2-5-17(12-16)25-11-3-6-19(25)26/h2,4-5,7-10,12H,3,6,11,13H2,1H3,(H,22,27). The van der Waals surface area contributed by atoms with Gasteiger partial charge in [0.15, 0.2) is 0 Å². The van der Waals surface area contributed by atoms with Crippen LogP contribution in [0.1, 0.15) is 34.7 Å². The average molecular weight is 376 g/mol. The first-order valence-electron chi connectivity index (χ1n) is 9.18. The number of amides is 2. The summed E-state index contributed by atoms with van der Waals surface area (Å²) in [6, 6.07) is 14.9. The molecule has 0 spiro atoms. The van der Waals surface area contributed by atoms with E-state index in [2.05, 4.69) is 15.5 Å². The number of hydrogen-bond donors (Lipinski definition) is 1. The molecule has 7 heteroatoms. The van der Waals surface area contributed by atoms with E-state index < -0.39 is 0 Å². The molecular formula is C21H20N4O3. The predicted octanol–water partition coefficient (Wildman–Crippen LogP) is 3.10. The smallest absolute Gasteiger partial charge is 0.251 e. The predicted molar refractivity (Wildman–Crippen MR) is 104 cm³/mol. The van der Waals surface area contributed by atoms with E-state index in [0.29, 0.717) is 30.2 Å². The molecule has 28 heavy (non-hydrogen) atoms. The molecule has 0 radical (unpaired) electrons. The number of hydrogen-bond acceptors (Lipinski definition) is 5. The largest absolute Gasteiger partial charge is 0.343 e. The minimum absolute atomic E-state index is 0.0899. The Labute approximate surface area is 162 Å². The number of nitrogens with one attached hydrogen (secondary N) is 1. The van der Waals surface area contributed by atoms with Crippen molar-refractivity contribution in [2.24, 2.45) is 0 Å². The van der Waals surface area contributed by atoms with Gasteiger partial charge in [0.25, 0.3) is 5.91 Å². The molecule has 0 bridgehead atoms. The van der Waals surface area contributed by atoms with Crippen molar-refractivity contribution >= 4 is 17.5 Å². The first kappa shape index (κ1) is 17.9. The Morgan fingerprint density at radius 1 is 1.21 bits per heavy atom. The summed E-state index contributed by atoms with van der Waals surface area (Å²) >= 11 is 0. The van der Waals surface area contributed by atoms with Crippen LogP contribution >= 0.6 is 0 Å². The molecule has 0 saturated carbocycles. The van der Waals surface area contributed by atoms with Crippen LogP contribution in [0.3, 0.4) is 0 Å². The van der Waals surface area contributed by atoms with Crippen molar-refractivity contribution in [1.82, 2.24) is 15.5 Å². The van der Waals surface area contributed by atoms with Gasteiger partial charge in [-0.2, -0.15) is 4.98 Å². The van der Waals surface area contributed by atoms with Gasteiger partial charge < -0.3 is 14.7 Å². The molecular weight excluding hydrogens is 356 g/mol. The highest BCUT2D eigenvalue weighted by Crippen LogP contribution is 2.22. The second-order valence-electron chi connectivity index (χ2n) is 6.76. The average Bonchev–Trinajstić information content (AvgIpc) is 3.36. The van der Waals surface area contributed by atoms with Crippen LogP contribution in [0.15, 0.2) is 53.1 Å². The van der Waals surface area contributed by atoms with Gasteiger partial charge in [0.1, 0.15) is 0 Å². The van der Waals surface area contributed by atoms with Gasteiger partial charge in [0.2, 0.25) is 17.6 Å². The number of aromatic nitrogens is 2. The molecule has 1 saturated heterocycles. The summed E-state index contributed by atoms with van der Waals surface area (Å²) < 4.78 is 5.23. The van der Waals surface area contributed by atoms with Crippen LogP contribution in [0.2, 0.25) is 0 Å². The summed E-state index contributed by atoms with van der Waals surface area (Å²) in [5, 5.41) is 6.74. The Morgan fingerprint density at radius 2 is 2.04 bits per heavy atom. The normalized spacial score (nSPS) is 13.8. The minimum Gasteiger partial charge on any atom is -0.343 e. The van der Waals surface area contributed by atoms with Gasteiger partial charge in [-0.05, 0) is 31.5 Å². The molecule has 2 amide bonds. The number of carbonyl (C=O) groups is 2. The van der Waals surface area contributed by atoms with E-state index in [1.54, 1.807) is 23.1 Å². The number of nitrogens with zero attached hydrogens (tertiary/aromatic N) is 3. The third-order valence-corrected chi connectivity index (χ3v) is 4.67. The maximum atomic E-state index is 12.5. The van der Waals surface area contributed by atoms with Gasteiger partial charge in [-0.15, -0.1) is 0 Å². The summed E-state index contributed by atoms with van der Waals surface area (Å²) in [4.78, 5) is 30.4. The van der Waals surface area contributed by atoms with E-state index in [0.717, 1.165) is 23.2 Å². The molecule has 1 aliphatic heterocycles. The zero-order valence-electron chi connectivity index (χ0n) is 15.5. The Balaban J connectivity index is 1.41.